The lowest BCUT2D eigenvalue weighted by Gasteiger charge is -2.20. The lowest BCUT2D eigenvalue weighted by Crippen LogP contribution is -2.35. The highest BCUT2D eigenvalue weighted by atomic mass is 79.9. The zero-order valence-corrected chi connectivity index (χ0v) is 16.8. The van der Waals surface area contributed by atoms with E-state index in [-0.39, 0.29) is 11.8 Å². The molecule has 6 heteroatoms. The van der Waals surface area contributed by atoms with Crippen LogP contribution >= 0.6 is 15.9 Å². The van der Waals surface area contributed by atoms with E-state index in [2.05, 4.69) is 31.8 Å². The zero-order chi connectivity index (χ0) is 19.1. The third-order valence-corrected chi connectivity index (χ3v) is 4.52. The Balaban J connectivity index is 2.21. The van der Waals surface area contributed by atoms with Crippen molar-refractivity contribution in [2.75, 3.05) is 0 Å². The van der Waals surface area contributed by atoms with Gasteiger partial charge < -0.3 is 10.4 Å². The molecule has 0 aliphatic heterocycles. The number of nitrogens with zero attached hydrogens (tertiary/aromatic N) is 1. The van der Waals surface area contributed by atoms with Gasteiger partial charge in [0.1, 0.15) is 5.75 Å². The van der Waals surface area contributed by atoms with Gasteiger partial charge in [0, 0.05) is 16.3 Å². The summed E-state index contributed by atoms with van der Waals surface area (Å²) >= 11 is 3.46. The molecule has 0 heterocycles. The molecule has 0 aliphatic rings. The second kappa shape index (κ2) is 9.38. The van der Waals surface area contributed by atoms with Gasteiger partial charge in [0.15, 0.2) is 0 Å². The normalized spacial score (nSPS) is 13.2. The number of carbonyl (C=O) groups excluding carboxylic acids is 1. The maximum Gasteiger partial charge on any atom is 0.335 e. The van der Waals surface area contributed by atoms with Crippen LogP contribution in [0.4, 0.5) is 4.79 Å². The number of amides is 2. The standard InChI is InChI=1S/C20H24BrN3O2/c1-4-6-13(3)12-22-24-20(26)23-17(5-2)19-16-9-8-15(21)11-14(16)7-10-18(19)25/h6-12,17,25H,4-5H2,1-3H3,(H2,23,24,26)/b13-6-,22-12+. The van der Waals surface area contributed by atoms with Gasteiger partial charge >= 0.3 is 6.03 Å². The first-order valence-corrected chi connectivity index (χ1v) is 9.43. The molecule has 2 rings (SSSR count). The monoisotopic (exact) mass is 417 g/mol. The topological polar surface area (TPSA) is 73.7 Å². The molecule has 3 N–H and O–H groups in total. The lowest BCUT2D eigenvalue weighted by molar-refractivity contribution is 0.237. The van der Waals surface area contributed by atoms with E-state index in [9.17, 15) is 9.90 Å². The summed E-state index contributed by atoms with van der Waals surface area (Å²) < 4.78 is 0.963. The predicted octanol–water partition coefficient (Wildman–Crippen LogP) is 5.40. The van der Waals surface area contributed by atoms with Crippen LogP contribution in [0, 0.1) is 0 Å². The molecule has 0 bridgehead atoms. The maximum absolute atomic E-state index is 12.2. The number of phenolic OH excluding ortho intramolecular Hbond substituents is 1. The number of urea groups is 1. The fourth-order valence-electron chi connectivity index (χ4n) is 2.82. The Hall–Kier alpha value is -2.34. The summed E-state index contributed by atoms with van der Waals surface area (Å²) in [6.45, 7) is 5.92. The smallest absolute Gasteiger partial charge is 0.335 e. The first kappa shape index (κ1) is 20.0. The summed E-state index contributed by atoms with van der Waals surface area (Å²) in [5.41, 5.74) is 4.16. The van der Waals surface area contributed by atoms with Gasteiger partial charge in [-0.2, -0.15) is 5.10 Å². The van der Waals surface area contributed by atoms with Crippen LogP contribution in [-0.2, 0) is 0 Å². The number of fused-ring (bicyclic) bond motifs is 1. The first-order valence-electron chi connectivity index (χ1n) is 8.63. The number of hydrazone groups is 1. The number of carbonyl (C=O) groups is 1. The molecule has 0 saturated carbocycles. The summed E-state index contributed by atoms with van der Waals surface area (Å²) in [5, 5.41) is 19.1. The number of halogens is 1. The molecule has 1 atom stereocenters. The number of aromatic hydroxyl groups is 1. The van der Waals surface area contributed by atoms with Gasteiger partial charge in [0.25, 0.3) is 0 Å². The molecule has 2 aromatic carbocycles. The van der Waals surface area contributed by atoms with E-state index in [1.165, 1.54) is 0 Å². The van der Waals surface area contributed by atoms with Crippen molar-refractivity contribution in [3.63, 3.8) is 0 Å². The first-order chi connectivity index (χ1) is 12.5. The van der Waals surface area contributed by atoms with Crippen LogP contribution in [-0.4, -0.2) is 17.4 Å². The molecule has 1 unspecified atom stereocenters. The molecule has 5 nitrogen and oxygen atoms in total. The van der Waals surface area contributed by atoms with E-state index in [0.29, 0.717) is 12.0 Å². The van der Waals surface area contributed by atoms with Gasteiger partial charge in [-0.05, 0) is 54.3 Å². The van der Waals surface area contributed by atoms with E-state index in [4.69, 9.17) is 0 Å². The number of allylic oxidation sites excluding steroid dienone is 2. The molecular formula is C20H24BrN3O2. The quantitative estimate of drug-likeness (QED) is 0.434. The SMILES string of the molecule is CC/C=C(C)\C=N\NC(=O)NC(CC)c1c(O)ccc2cc(Br)ccc12. The highest BCUT2D eigenvalue weighted by molar-refractivity contribution is 9.10. The Bertz CT molecular complexity index is 846. The highest BCUT2D eigenvalue weighted by Crippen LogP contribution is 2.35. The van der Waals surface area contributed by atoms with E-state index in [0.717, 1.165) is 27.2 Å². The molecule has 2 amide bonds. The van der Waals surface area contributed by atoms with Gasteiger partial charge in [-0.3, -0.25) is 0 Å². The Morgan fingerprint density at radius 2 is 2.08 bits per heavy atom. The average Bonchev–Trinajstić information content (AvgIpc) is 2.60. The number of nitrogens with one attached hydrogen (secondary N) is 2. The minimum absolute atomic E-state index is 0.164. The third-order valence-electron chi connectivity index (χ3n) is 4.02. The average molecular weight is 418 g/mol. The van der Waals surface area contributed by atoms with Crippen molar-refractivity contribution in [3.05, 3.63) is 52.0 Å². The fourth-order valence-corrected chi connectivity index (χ4v) is 3.19. The number of rotatable bonds is 6. The second-order valence-corrected chi connectivity index (χ2v) is 6.94. The van der Waals surface area contributed by atoms with Crippen molar-refractivity contribution in [3.8, 4) is 5.75 Å². The Morgan fingerprint density at radius 3 is 2.77 bits per heavy atom. The van der Waals surface area contributed by atoms with Crippen molar-refractivity contribution in [2.24, 2.45) is 5.10 Å². The minimum atomic E-state index is -0.411. The van der Waals surface area contributed by atoms with Crippen LogP contribution in [0.5, 0.6) is 5.75 Å². The van der Waals surface area contributed by atoms with Crippen molar-refractivity contribution in [1.82, 2.24) is 10.7 Å². The third kappa shape index (κ3) is 5.08. The van der Waals surface area contributed by atoms with Crippen molar-refractivity contribution in [1.29, 1.82) is 0 Å². The number of phenols is 1. The maximum atomic E-state index is 12.2. The summed E-state index contributed by atoms with van der Waals surface area (Å²) in [6, 6.07) is 8.62. The van der Waals surface area contributed by atoms with Gasteiger partial charge in [0.2, 0.25) is 0 Å². The molecule has 0 aliphatic carbocycles. The molecule has 0 spiro atoms. The molecule has 0 fully saturated rings. The fraction of sp³-hybridized carbons (Fsp3) is 0.300. The summed E-state index contributed by atoms with van der Waals surface area (Å²) in [6.07, 6.45) is 5.17. The van der Waals surface area contributed by atoms with Gasteiger partial charge in [-0.15, -0.1) is 0 Å². The second-order valence-electron chi connectivity index (χ2n) is 6.02. The van der Waals surface area contributed by atoms with Crippen LogP contribution in [0.2, 0.25) is 0 Å². The van der Waals surface area contributed by atoms with Gasteiger partial charge in [-0.1, -0.05) is 48.0 Å². The summed E-state index contributed by atoms with van der Waals surface area (Å²) in [4.78, 5) is 12.2. The Labute approximate surface area is 162 Å². The summed E-state index contributed by atoms with van der Waals surface area (Å²) in [5.74, 6) is 0.164. The molecule has 138 valence electrons. The molecule has 0 saturated heterocycles. The molecule has 0 radical (unpaired) electrons. The van der Waals surface area contributed by atoms with Crippen LogP contribution in [0.1, 0.15) is 45.2 Å². The number of hydrogen-bond donors (Lipinski definition) is 3. The van der Waals surface area contributed by atoms with Crippen molar-refractivity contribution in [2.45, 2.75) is 39.7 Å². The molecule has 2 aromatic rings. The largest absolute Gasteiger partial charge is 0.508 e. The predicted molar refractivity (Wildman–Crippen MR) is 111 cm³/mol. The molecule has 26 heavy (non-hydrogen) atoms. The van der Waals surface area contributed by atoms with Crippen LogP contribution in [0.25, 0.3) is 10.8 Å². The van der Waals surface area contributed by atoms with Crippen LogP contribution in [0.15, 0.2) is 51.6 Å². The van der Waals surface area contributed by atoms with E-state index < -0.39 is 6.03 Å². The molecular weight excluding hydrogens is 394 g/mol. The van der Waals surface area contributed by atoms with E-state index >= 15 is 0 Å². The zero-order valence-electron chi connectivity index (χ0n) is 15.2. The van der Waals surface area contributed by atoms with Gasteiger partial charge in [0.05, 0.1) is 6.04 Å². The molecule has 0 aromatic heterocycles. The van der Waals surface area contributed by atoms with Crippen LogP contribution < -0.4 is 10.7 Å². The summed E-state index contributed by atoms with van der Waals surface area (Å²) in [7, 11) is 0. The van der Waals surface area contributed by atoms with E-state index in [1.54, 1.807) is 12.3 Å². The van der Waals surface area contributed by atoms with Gasteiger partial charge in [-0.25, -0.2) is 10.2 Å². The van der Waals surface area contributed by atoms with E-state index in [1.807, 2.05) is 51.1 Å². The highest BCUT2D eigenvalue weighted by Gasteiger charge is 2.19. The Kier molecular flexibility index (Phi) is 7.21. The van der Waals surface area contributed by atoms with Crippen molar-refractivity contribution < 1.29 is 9.90 Å². The van der Waals surface area contributed by atoms with Crippen LogP contribution in [0.3, 0.4) is 0 Å². The Morgan fingerprint density at radius 1 is 1.31 bits per heavy atom. The number of benzene rings is 2. The van der Waals surface area contributed by atoms with Crippen molar-refractivity contribution >= 4 is 38.9 Å². The minimum Gasteiger partial charge on any atom is -0.508 e. The number of hydrogen-bond acceptors (Lipinski definition) is 3. The lowest BCUT2D eigenvalue weighted by atomic mass is 9.96.